The minimum absolute atomic E-state index is 0.453. The zero-order chi connectivity index (χ0) is 42.6. The van der Waals surface area contributed by atoms with Gasteiger partial charge in [0.15, 0.2) is 0 Å². The lowest BCUT2D eigenvalue weighted by Crippen LogP contribution is -2.26. The van der Waals surface area contributed by atoms with Crippen molar-refractivity contribution < 1.29 is 4.42 Å². The minimum atomic E-state index is -0.453. The topological polar surface area (TPSA) is 16.4 Å². The van der Waals surface area contributed by atoms with Gasteiger partial charge < -0.3 is 9.32 Å². The highest BCUT2D eigenvalue weighted by molar-refractivity contribution is 6.13. The molecule has 0 saturated heterocycles. The molecule has 0 amide bonds. The van der Waals surface area contributed by atoms with Crippen LogP contribution in [-0.2, 0) is 5.41 Å². The van der Waals surface area contributed by atoms with Crippen LogP contribution in [0.5, 0.6) is 0 Å². The van der Waals surface area contributed by atoms with Crippen LogP contribution >= 0.6 is 0 Å². The largest absolute Gasteiger partial charge is 0.456 e. The van der Waals surface area contributed by atoms with Crippen molar-refractivity contribution in [1.82, 2.24) is 0 Å². The Bertz CT molecular complexity index is 3850. The van der Waals surface area contributed by atoms with Crippen LogP contribution in [0.4, 0.5) is 17.1 Å². The number of anilines is 3. The SMILES string of the molecule is c1ccc2c(c1)-c1ccccc1C21c2ccccc2-c2ccc(N(c3ccc(-c4ccc5cc(-c6ccc7ccccc7c6)ccc5c4)cc3)c3cccc4oc5ccccc5c34)cc21. The molecule has 0 bridgehead atoms. The highest BCUT2D eigenvalue weighted by Gasteiger charge is 2.51. The Kier molecular flexibility index (Phi) is 7.64. The van der Waals surface area contributed by atoms with Crippen LogP contribution in [0.2, 0.25) is 0 Å². The van der Waals surface area contributed by atoms with E-state index in [-0.39, 0.29) is 0 Å². The predicted molar refractivity (Wildman–Crippen MR) is 271 cm³/mol. The summed E-state index contributed by atoms with van der Waals surface area (Å²) in [6.45, 7) is 0. The van der Waals surface area contributed by atoms with E-state index in [2.05, 4.69) is 235 Å². The second kappa shape index (κ2) is 13.8. The first kappa shape index (κ1) is 36.1. The van der Waals surface area contributed by atoms with Gasteiger partial charge in [-0.1, -0.05) is 176 Å². The van der Waals surface area contributed by atoms with Gasteiger partial charge in [-0.3, -0.25) is 0 Å². The Labute approximate surface area is 376 Å². The van der Waals surface area contributed by atoms with Crippen molar-refractivity contribution >= 4 is 60.5 Å². The molecule has 12 aromatic rings. The molecule has 1 spiro atoms. The second-order valence-electron chi connectivity index (χ2n) is 17.6. The van der Waals surface area contributed by atoms with E-state index in [1.807, 2.05) is 6.07 Å². The molecule has 0 saturated carbocycles. The fourth-order valence-electron chi connectivity index (χ4n) is 11.4. The monoisotopic (exact) mass is 825 g/mol. The molecule has 0 N–H and O–H groups in total. The average Bonchev–Trinajstić information content (AvgIpc) is 4.01. The summed E-state index contributed by atoms with van der Waals surface area (Å²) >= 11 is 0. The molecule has 0 unspecified atom stereocenters. The lowest BCUT2D eigenvalue weighted by molar-refractivity contribution is 0.669. The van der Waals surface area contributed by atoms with E-state index in [0.717, 1.165) is 39.0 Å². The number of para-hydroxylation sites is 1. The highest BCUT2D eigenvalue weighted by Crippen LogP contribution is 2.63. The molecular weight excluding hydrogens is 787 g/mol. The van der Waals surface area contributed by atoms with Crippen molar-refractivity contribution in [2.24, 2.45) is 0 Å². The van der Waals surface area contributed by atoms with Crippen LogP contribution in [0.25, 0.3) is 88.0 Å². The fraction of sp³-hybridized carbons (Fsp3) is 0.0159. The molecule has 11 aromatic carbocycles. The molecule has 0 fully saturated rings. The van der Waals surface area contributed by atoms with E-state index in [4.69, 9.17) is 4.42 Å². The first-order valence-corrected chi connectivity index (χ1v) is 22.5. The summed E-state index contributed by atoms with van der Waals surface area (Å²) < 4.78 is 6.52. The Morgan fingerprint density at radius 2 is 0.785 bits per heavy atom. The standard InChI is InChI=1S/C63H39NO/c1-2-13-42-36-44(25-24-40(42)12-1)47-29-28-45-37-43(26-27-46(45)38-47)41-30-32-48(33-31-41)64(59-21-11-23-61-62(59)54-17-6-10-22-60(54)65-61)49-34-35-53-52-16-5-9-20-57(52)63(58(53)39-49)55-18-7-3-14-50(55)51-15-4-8-19-56(51)63/h1-39H. The third-order valence-corrected chi connectivity index (χ3v) is 14.2. The van der Waals surface area contributed by atoms with Crippen LogP contribution in [0.15, 0.2) is 241 Å². The van der Waals surface area contributed by atoms with Crippen LogP contribution in [0.1, 0.15) is 22.3 Å². The van der Waals surface area contributed by atoms with Crippen molar-refractivity contribution in [3.63, 3.8) is 0 Å². The molecule has 2 nitrogen and oxygen atoms in total. The summed E-state index contributed by atoms with van der Waals surface area (Å²) in [5.41, 5.74) is 19.8. The first-order valence-electron chi connectivity index (χ1n) is 22.5. The van der Waals surface area contributed by atoms with Crippen molar-refractivity contribution in [3.8, 4) is 44.5 Å². The van der Waals surface area contributed by atoms with Gasteiger partial charge in [0.05, 0.1) is 16.5 Å². The number of fused-ring (bicyclic) bond motifs is 15. The zero-order valence-corrected chi connectivity index (χ0v) is 35.4. The van der Waals surface area contributed by atoms with E-state index in [1.54, 1.807) is 0 Å². The number of hydrogen-bond acceptors (Lipinski definition) is 2. The summed E-state index contributed by atoms with van der Waals surface area (Å²) in [7, 11) is 0. The molecule has 0 radical (unpaired) electrons. The summed E-state index contributed by atoms with van der Waals surface area (Å²) in [4.78, 5) is 2.44. The first-order chi connectivity index (χ1) is 32.2. The summed E-state index contributed by atoms with van der Waals surface area (Å²) in [5, 5.41) is 7.17. The van der Waals surface area contributed by atoms with Gasteiger partial charge in [0.1, 0.15) is 11.2 Å². The van der Waals surface area contributed by atoms with Gasteiger partial charge >= 0.3 is 0 Å². The van der Waals surface area contributed by atoms with Gasteiger partial charge in [-0.2, -0.15) is 0 Å². The van der Waals surface area contributed by atoms with Gasteiger partial charge in [-0.05, 0) is 149 Å². The van der Waals surface area contributed by atoms with Gasteiger partial charge in [0.2, 0.25) is 0 Å². The molecule has 0 aliphatic heterocycles. The van der Waals surface area contributed by atoms with E-state index in [1.165, 1.54) is 88.3 Å². The maximum atomic E-state index is 6.52. The molecule has 302 valence electrons. The lowest BCUT2D eigenvalue weighted by Gasteiger charge is -2.32. The van der Waals surface area contributed by atoms with E-state index >= 15 is 0 Å². The van der Waals surface area contributed by atoms with Crippen molar-refractivity contribution in [3.05, 3.63) is 259 Å². The molecule has 1 heterocycles. The highest BCUT2D eigenvalue weighted by atomic mass is 16.3. The van der Waals surface area contributed by atoms with Crippen molar-refractivity contribution in [2.75, 3.05) is 4.90 Å². The van der Waals surface area contributed by atoms with Crippen molar-refractivity contribution in [1.29, 1.82) is 0 Å². The van der Waals surface area contributed by atoms with Crippen LogP contribution in [-0.4, -0.2) is 0 Å². The molecule has 2 aliphatic carbocycles. The maximum Gasteiger partial charge on any atom is 0.137 e. The summed E-state index contributed by atoms with van der Waals surface area (Å²) in [6, 6.07) is 87.1. The van der Waals surface area contributed by atoms with E-state index in [0.29, 0.717) is 0 Å². The zero-order valence-electron chi connectivity index (χ0n) is 35.4. The number of benzene rings is 11. The number of hydrogen-bond donors (Lipinski definition) is 0. The van der Waals surface area contributed by atoms with Crippen LogP contribution < -0.4 is 4.90 Å². The molecule has 2 heteroatoms. The van der Waals surface area contributed by atoms with E-state index < -0.39 is 5.41 Å². The third-order valence-electron chi connectivity index (χ3n) is 14.2. The third kappa shape index (κ3) is 5.23. The molecule has 0 atom stereocenters. The smallest absolute Gasteiger partial charge is 0.137 e. The number of rotatable bonds is 5. The second-order valence-corrected chi connectivity index (χ2v) is 17.6. The quantitative estimate of drug-likeness (QED) is 0.172. The Morgan fingerprint density at radius 3 is 1.45 bits per heavy atom. The lowest BCUT2D eigenvalue weighted by atomic mass is 9.70. The molecule has 2 aliphatic rings. The number of furan rings is 1. The normalized spacial score (nSPS) is 13.0. The number of nitrogens with zero attached hydrogens (tertiary/aromatic N) is 1. The minimum Gasteiger partial charge on any atom is -0.456 e. The van der Waals surface area contributed by atoms with Crippen molar-refractivity contribution in [2.45, 2.75) is 5.41 Å². The van der Waals surface area contributed by atoms with Gasteiger partial charge in [0.25, 0.3) is 0 Å². The Balaban J connectivity index is 0.921. The molecule has 65 heavy (non-hydrogen) atoms. The molecule has 1 aromatic heterocycles. The van der Waals surface area contributed by atoms with Gasteiger partial charge in [-0.25, -0.2) is 0 Å². The van der Waals surface area contributed by atoms with Gasteiger partial charge in [0, 0.05) is 16.8 Å². The molecular formula is C63H39NO. The Hall–Kier alpha value is -8.46. The fourth-order valence-corrected chi connectivity index (χ4v) is 11.4. The molecule has 14 rings (SSSR count). The maximum absolute atomic E-state index is 6.52. The summed E-state index contributed by atoms with van der Waals surface area (Å²) in [6.07, 6.45) is 0. The average molecular weight is 826 g/mol. The predicted octanol–water partition coefficient (Wildman–Crippen LogP) is 17.0. The van der Waals surface area contributed by atoms with Gasteiger partial charge in [-0.15, -0.1) is 0 Å². The van der Waals surface area contributed by atoms with E-state index in [9.17, 15) is 0 Å². The van der Waals surface area contributed by atoms with Crippen LogP contribution in [0.3, 0.4) is 0 Å². The summed E-state index contributed by atoms with van der Waals surface area (Å²) in [5.74, 6) is 0. The van der Waals surface area contributed by atoms with Crippen LogP contribution in [0, 0.1) is 0 Å². The Morgan fingerprint density at radius 1 is 0.308 bits per heavy atom.